The summed E-state index contributed by atoms with van der Waals surface area (Å²) in [6, 6.07) is 2.87. The molecular weight excluding hydrogens is 372 g/mol. The monoisotopic (exact) mass is 394 g/mol. The fourth-order valence-corrected chi connectivity index (χ4v) is 4.81. The summed E-state index contributed by atoms with van der Waals surface area (Å²) in [6.07, 6.45) is 6.63. The van der Waals surface area contributed by atoms with E-state index in [4.69, 9.17) is 16.6 Å². The number of amides is 2. The van der Waals surface area contributed by atoms with Gasteiger partial charge in [0.25, 0.3) is 5.91 Å². The van der Waals surface area contributed by atoms with Crippen LogP contribution >= 0.6 is 24.0 Å². The summed E-state index contributed by atoms with van der Waals surface area (Å²) in [5.74, 6) is 0.190. The Morgan fingerprint density at radius 1 is 1.54 bits per heavy atom. The summed E-state index contributed by atoms with van der Waals surface area (Å²) in [5, 5.41) is 9.27. The molecule has 2 aliphatic rings. The summed E-state index contributed by atoms with van der Waals surface area (Å²) in [4.78, 5) is 29.5. The number of aliphatic hydroxyl groups is 1. The van der Waals surface area contributed by atoms with Crippen LogP contribution in [0.15, 0.2) is 27.7 Å². The molecule has 2 atom stereocenters. The van der Waals surface area contributed by atoms with Crippen LogP contribution < -0.4 is 0 Å². The normalized spacial score (nSPS) is 23.8. The molecule has 140 valence electrons. The van der Waals surface area contributed by atoms with Gasteiger partial charge >= 0.3 is 0 Å². The molecule has 2 amide bonds. The van der Waals surface area contributed by atoms with Crippen molar-refractivity contribution in [3.63, 3.8) is 0 Å². The predicted molar refractivity (Wildman–Crippen MR) is 104 cm³/mol. The second kappa shape index (κ2) is 8.37. The van der Waals surface area contributed by atoms with Crippen molar-refractivity contribution >= 4 is 46.2 Å². The van der Waals surface area contributed by atoms with E-state index >= 15 is 0 Å². The molecule has 26 heavy (non-hydrogen) atoms. The number of hydrogen-bond acceptors (Lipinski definition) is 6. The number of aliphatic hydroxyl groups excluding tert-OH is 1. The standard InChI is InChI=1S/C18H22N2O4S2/c1-12(16(22)19-8-3-2-5-13(19)7-9-21)20-17(23)15(26-18(20)25)11-14-6-4-10-24-14/h4,6,10-13,21H,2-3,5,7-9H2,1H3/b15-11-/t12-,13-/m0/s1. The van der Waals surface area contributed by atoms with Gasteiger partial charge in [0, 0.05) is 25.3 Å². The van der Waals surface area contributed by atoms with Crippen molar-refractivity contribution < 1.29 is 19.1 Å². The van der Waals surface area contributed by atoms with Gasteiger partial charge in [-0.25, -0.2) is 0 Å². The number of thioether (sulfide) groups is 1. The zero-order valence-electron chi connectivity index (χ0n) is 14.6. The zero-order chi connectivity index (χ0) is 18.7. The van der Waals surface area contributed by atoms with Gasteiger partial charge in [-0.1, -0.05) is 24.0 Å². The van der Waals surface area contributed by atoms with Gasteiger partial charge in [0.1, 0.15) is 16.1 Å². The second-order valence-electron chi connectivity index (χ2n) is 6.44. The molecule has 0 aliphatic carbocycles. The highest BCUT2D eigenvalue weighted by atomic mass is 32.2. The number of hydrogen-bond donors (Lipinski definition) is 1. The summed E-state index contributed by atoms with van der Waals surface area (Å²) in [6.45, 7) is 2.42. The van der Waals surface area contributed by atoms with E-state index in [1.807, 2.05) is 0 Å². The number of rotatable bonds is 5. The highest BCUT2D eigenvalue weighted by Crippen LogP contribution is 2.34. The average molecular weight is 395 g/mol. The highest BCUT2D eigenvalue weighted by Gasteiger charge is 2.41. The molecule has 2 fully saturated rings. The first-order valence-electron chi connectivity index (χ1n) is 8.75. The van der Waals surface area contributed by atoms with Crippen molar-refractivity contribution in [2.75, 3.05) is 13.2 Å². The Morgan fingerprint density at radius 3 is 3.04 bits per heavy atom. The van der Waals surface area contributed by atoms with Gasteiger partial charge in [-0.2, -0.15) is 0 Å². The van der Waals surface area contributed by atoms with E-state index in [2.05, 4.69) is 0 Å². The Labute approximate surface area is 162 Å². The van der Waals surface area contributed by atoms with Gasteiger partial charge < -0.3 is 14.4 Å². The van der Waals surface area contributed by atoms with E-state index in [0.717, 1.165) is 19.3 Å². The molecule has 3 rings (SSSR count). The van der Waals surface area contributed by atoms with Crippen molar-refractivity contribution in [2.45, 2.75) is 44.7 Å². The molecule has 1 aromatic rings. The van der Waals surface area contributed by atoms with E-state index in [1.165, 1.54) is 22.9 Å². The lowest BCUT2D eigenvalue weighted by Crippen LogP contribution is -2.53. The smallest absolute Gasteiger partial charge is 0.267 e. The molecule has 8 heteroatoms. The van der Waals surface area contributed by atoms with Crippen LogP contribution in [0.5, 0.6) is 0 Å². The van der Waals surface area contributed by atoms with Crippen LogP contribution in [0, 0.1) is 0 Å². The maximum absolute atomic E-state index is 13.0. The molecule has 0 saturated carbocycles. The van der Waals surface area contributed by atoms with Gasteiger partial charge in [-0.05, 0) is 44.7 Å². The molecule has 2 saturated heterocycles. The minimum Gasteiger partial charge on any atom is -0.465 e. The highest BCUT2D eigenvalue weighted by molar-refractivity contribution is 8.26. The number of carbonyl (C=O) groups is 2. The molecule has 0 spiro atoms. The van der Waals surface area contributed by atoms with Gasteiger partial charge in [0.05, 0.1) is 11.2 Å². The summed E-state index contributed by atoms with van der Waals surface area (Å²) in [5.41, 5.74) is 0. The van der Waals surface area contributed by atoms with Crippen molar-refractivity contribution in [3.8, 4) is 0 Å². The quantitative estimate of drug-likeness (QED) is 0.611. The lowest BCUT2D eigenvalue weighted by Gasteiger charge is -2.38. The SMILES string of the molecule is C[C@@H](C(=O)N1CCCC[C@H]1CCO)N1C(=O)/C(=C/c2ccco2)SC1=S. The number of furan rings is 1. The Balaban J connectivity index is 1.76. The Hall–Kier alpha value is -1.64. The van der Waals surface area contributed by atoms with Crippen molar-refractivity contribution in [1.82, 2.24) is 9.80 Å². The van der Waals surface area contributed by atoms with Gasteiger partial charge in [0.15, 0.2) is 0 Å². The third kappa shape index (κ3) is 3.87. The average Bonchev–Trinajstić information content (AvgIpc) is 3.23. The number of carbonyl (C=O) groups excluding carboxylic acids is 2. The van der Waals surface area contributed by atoms with Crippen LogP contribution in [0.25, 0.3) is 6.08 Å². The second-order valence-corrected chi connectivity index (χ2v) is 8.11. The maximum Gasteiger partial charge on any atom is 0.267 e. The van der Waals surface area contributed by atoms with Crippen LogP contribution in [0.1, 0.15) is 38.4 Å². The molecule has 6 nitrogen and oxygen atoms in total. The first-order valence-corrected chi connectivity index (χ1v) is 9.97. The fraction of sp³-hybridized carbons (Fsp3) is 0.500. The number of thiocarbonyl (C=S) groups is 1. The number of likely N-dealkylation sites (tertiary alicyclic amines) is 1. The molecule has 3 heterocycles. The van der Waals surface area contributed by atoms with E-state index in [-0.39, 0.29) is 24.5 Å². The van der Waals surface area contributed by atoms with Crippen LogP contribution in [0.2, 0.25) is 0 Å². The van der Waals surface area contributed by atoms with Gasteiger partial charge in [-0.15, -0.1) is 0 Å². The third-order valence-electron chi connectivity index (χ3n) is 4.76. The number of piperidine rings is 1. The molecule has 0 bridgehead atoms. The molecule has 1 aromatic heterocycles. The first kappa shape index (κ1) is 19.1. The van der Waals surface area contributed by atoms with E-state index in [0.29, 0.717) is 28.0 Å². The minimum atomic E-state index is -0.663. The van der Waals surface area contributed by atoms with Crippen molar-refractivity contribution in [1.29, 1.82) is 0 Å². The van der Waals surface area contributed by atoms with Gasteiger partial charge in [0.2, 0.25) is 5.91 Å². The topological polar surface area (TPSA) is 74.0 Å². The van der Waals surface area contributed by atoms with Crippen LogP contribution in [-0.4, -0.2) is 56.3 Å². The Kier molecular flexibility index (Phi) is 6.16. The van der Waals surface area contributed by atoms with E-state index < -0.39 is 6.04 Å². The van der Waals surface area contributed by atoms with Gasteiger partial charge in [-0.3, -0.25) is 14.5 Å². The molecule has 0 radical (unpaired) electrons. The molecule has 1 N–H and O–H groups in total. The zero-order valence-corrected chi connectivity index (χ0v) is 16.2. The first-order chi connectivity index (χ1) is 12.5. The molecule has 2 aliphatic heterocycles. The maximum atomic E-state index is 13.0. The van der Waals surface area contributed by atoms with E-state index in [9.17, 15) is 14.7 Å². The third-order valence-corrected chi connectivity index (χ3v) is 6.09. The fourth-order valence-electron chi connectivity index (χ4n) is 3.41. The lowest BCUT2D eigenvalue weighted by molar-refractivity contribution is -0.142. The van der Waals surface area contributed by atoms with Crippen molar-refractivity contribution in [2.24, 2.45) is 0 Å². The van der Waals surface area contributed by atoms with E-state index in [1.54, 1.807) is 30.0 Å². The van der Waals surface area contributed by atoms with Crippen LogP contribution in [0.4, 0.5) is 0 Å². The molecular formula is C18H22N2O4S2. The Morgan fingerprint density at radius 2 is 2.35 bits per heavy atom. The lowest BCUT2D eigenvalue weighted by atomic mass is 9.98. The largest absolute Gasteiger partial charge is 0.465 e. The molecule has 0 unspecified atom stereocenters. The minimum absolute atomic E-state index is 0.0285. The summed E-state index contributed by atoms with van der Waals surface area (Å²) >= 11 is 6.54. The Bertz CT molecular complexity index is 715. The molecule has 0 aromatic carbocycles. The summed E-state index contributed by atoms with van der Waals surface area (Å²) in [7, 11) is 0. The van der Waals surface area contributed by atoms with Crippen molar-refractivity contribution in [3.05, 3.63) is 29.1 Å². The summed E-state index contributed by atoms with van der Waals surface area (Å²) < 4.78 is 5.63. The van der Waals surface area contributed by atoms with Crippen LogP contribution in [0.3, 0.4) is 0 Å². The predicted octanol–water partition coefficient (Wildman–Crippen LogP) is 2.63. The van der Waals surface area contributed by atoms with Crippen LogP contribution in [-0.2, 0) is 9.59 Å². The number of nitrogens with zero attached hydrogens (tertiary/aromatic N) is 2.